The van der Waals surface area contributed by atoms with E-state index in [1.54, 1.807) is 12.4 Å². The molecule has 0 aliphatic carbocycles. The molecule has 0 saturated carbocycles. The molecule has 23 heavy (non-hydrogen) atoms. The Labute approximate surface area is 136 Å². The number of carbonyl (C=O) groups is 1. The molecule has 1 aliphatic rings. The third kappa shape index (κ3) is 4.22. The van der Waals surface area contributed by atoms with Crippen LogP contribution in [0.1, 0.15) is 12.0 Å². The highest BCUT2D eigenvalue weighted by molar-refractivity contribution is 5.79. The Morgan fingerprint density at radius 3 is 3.00 bits per heavy atom. The zero-order valence-corrected chi connectivity index (χ0v) is 13.0. The number of ether oxygens (including phenoxy) is 1. The third-order valence-corrected chi connectivity index (χ3v) is 3.89. The summed E-state index contributed by atoms with van der Waals surface area (Å²) in [5.41, 5.74) is 2.10. The highest BCUT2D eigenvalue weighted by Gasteiger charge is 2.25. The molecule has 1 aliphatic heterocycles. The number of pyridine rings is 1. The maximum absolute atomic E-state index is 12.2. The number of rotatable bonds is 6. The maximum atomic E-state index is 12.2. The van der Waals surface area contributed by atoms with Gasteiger partial charge < -0.3 is 15.4 Å². The third-order valence-electron chi connectivity index (χ3n) is 3.89. The van der Waals surface area contributed by atoms with Crippen LogP contribution >= 0.6 is 0 Å². The highest BCUT2D eigenvalue weighted by Crippen LogP contribution is 2.26. The molecule has 0 radical (unpaired) electrons. The Hall–Kier alpha value is -2.56. The van der Waals surface area contributed by atoms with Crippen LogP contribution < -0.4 is 15.4 Å². The fraction of sp³-hybridized carbons (Fsp3) is 0.333. The van der Waals surface area contributed by atoms with Crippen LogP contribution in [0.3, 0.4) is 0 Å². The van der Waals surface area contributed by atoms with Crippen LogP contribution in [0.4, 0.5) is 5.69 Å². The van der Waals surface area contributed by atoms with Crippen LogP contribution in [-0.4, -0.2) is 30.6 Å². The second kappa shape index (κ2) is 7.63. The Bertz CT molecular complexity index is 646. The molecule has 1 amide bonds. The summed E-state index contributed by atoms with van der Waals surface area (Å²) < 4.78 is 5.66. The number of hydrogen-bond donors (Lipinski definition) is 2. The smallest absolute Gasteiger partial charge is 0.226 e. The summed E-state index contributed by atoms with van der Waals surface area (Å²) in [5.74, 6) is 0.870. The number of amides is 1. The molecular formula is C18H21N3O2. The minimum absolute atomic E-state index is 0.0703. The van der Waals surface area contributed by atoms with Gasteiger partial charge in [0, 0.05) is 25.5 Å². The molecule has 5 heteroatoms. The molecule has 1 unspecified atom stereocenters. The molecule has 1 aromatic heterocycles. The second-order valence-electron chi connectivity index (χ2n) is 5.63. The van der Waals surface area contributed by atoms with Crippen molar-refractivity contribution in [1.29, 1.82) is 0 Å². The van der Waals surface area contributed by atoms with E-state index in [2.05, 4.69) is 15.6 Å². The molecule has 2 N–H and O–H groups in total. The van der Waals surface area contributed by atoms with Gasteiger partial charge in [-0.05, 0) is 36.6 Å². The topological polar surface area (TPSA) is 63.2 Å². The van der Waals surface area contributed by atoms with Gasteiger partial charge in [0.05, 0.1) is 11.6 Å². The normalized spacial score (nSPS) is 16.1. The first kappa shape index (κ1) is 15.3. The predicted molar refractivity (Wildman–Crippen MR) is 89.5 cm³/mol. The first-order valence-corrected chi connectivity index (χ1v) is 7.95. The van der Waals surface area contributed by atoms with Crippen LogP contribution in [0.15, 0.2) is 48.8 Å². The van der Waals surface area contributed by atoms with E-state index in [0.717, 1.165) is 36.4 Å². The maximum Gasteiger partial charge on any atom is 0.226 e. The quantitative estimate of drug-likeness (QED) is 0.803. The predicted octanol–water partition coefficient (Wildman–Crippen LogP) is 2.25. The van der Waals surface area contributed by atoms with E-state index in [4.69, 9.17) is 4.74 Å². The van der Waals surface area contributed by atoms with Gasteiger partial charge in [-0.25, -0.2) is 0 Å². The number of carbonyl (C=O) groups excluding carboxylic acids is 1. The van der Waals surface area contributed by atoms with Gasteiger partial charge in [0.1, 0.15) is 12.4 Å². The number of hydrogen-bond acceptors (Lipinski definition) is 4. The minimum atomic E-state index is -0.101. The Balaban J connectivity index is 1.37. The minimum Gasteiger partial charge on any atom is -0.492 e. The van der Waals surface area contributed by atoms with Crippen molar-refractivity contribution in [1.82, 2.24) is 10.3 Å². The monoisotopic (exact) mass is 311 g/mol. The van der Waals surface area contributed by atoms with Crippen LogP contribution in [0, 0.1) is 5.92 Å². The fourth-order valence-corrected chi connectivity index (χ4v) is 2.64. The van der Waals surface area contributed by atoms with Crippen LogP contribution in [0.5, 0.6) is 5.75 Å². The molecule has 2 heterocycles. The lowest BCUT2D eigenvalue weighted by atomic mass is 9.96. The molecule has 1 aromatic carbocycles. The molecular weight excluding hydrogens is 290 g/mol. The Morgan fingerprint density at radius 1 is 1.22 bits per heavy atom. The lowest BCUT2D eigenvalue weighted by molar-refractivity contribution is -0.126. The molecule has 1 atom stereocenters. The van der Waals surface area contributed by atoms with Crippen molar-refractivity contribution in [3.05, 3.63) is 54.4 Å². The summed E-state index contributed by atoms with van der Waals surface area (Å²) in [4.78, 5) is 16.3. The Morgan fingerprint density at radius 2 is 2.13 bits per heavy atom. The van der Waals surface area contributed by atoms with Crippen LogP contribution in [0.25, 0.3) is 0 Å². The van der Waals surface area contributed by atoms with E-state index in [1.807, 2.05) is 36.4 Å². The van der Waals surface area contributed by atoms with Crippen molar-refractivity contribution in [3.63, 3.8) is 0 Å². The van der Waals surface area contributed by atoms with E-state index >= 15 is 0 Å². The molecule has 120 valence electrons. The summed E-state index contributed by atoms with van der Waals surface area (Å²) in [5, 5.41) is 6.27. The number of fused-ring (bicyclic) bond motifs is 1. The van der Waals surface area contributed by atoms with Crippen LogP contribution in [-0.2, 0) is 11.2 Å². The van der Waals surface area contributed by atoms with E-state index < -0.39 is 0 Å². The highest BCUT2D eigenvalue weighted by atomic mass is 16.5. The zero-order chi connectivity index (χ0) is 15.9. The van der Waals surface area contributed by atoms with Gasteiger partial charge >= 0.3 is 0 Å². The van der Waals surface area contributed by atoms with Gasteiger partial charge in [0.25, 0.3) is 0 Å². The summed E-state index contributed by atoms with van der Waals surface area (Å²) in [6.07, 6.45) is 5.14. The van der Waals surface area contributed by atoms with Gasteiger partial charge in [0.15, 0.2) is 0 Å². The summed E-state index contributed by atoms with van der Waals surface area (Å²) in [7, 11) is 0. The summed E-state index contributed by atoms with van der Waals surface area (Å²) >= 11 is 0. The molecule has 2 aromatic rings. The molecule has 3 rings (SSSR count). The van der Waals surface area contributed by atoms with Crippen molar-refractivity contribution in [3.8, 4) is 5.75 Å². The van der Waals surface area contributed by atoms with Crippen molar-refractivity contribution in [2.45, 2.75) is 12.8 Å². The zero-order valence-electron chi connectivity index (χ0n) is 13.0. The molecule has 0 fully saturated rings. The molecule has 0 spiro atoms. The summed E-state index contributed by atoms with van der Waals surface area (Å²) in [6.45, 7) is 1.91. The van der Waals surface area contributed by atoms with Gasteiger partial charge in [-0.15, -0.1) is 0 Å². The number of aromatic nitrogens is 1. The lowest BCUT2D eigenvalue weighted by Crippen LogP contribution is -2.38. The number of benzene rings is 1. The van der Waals surface area contributed by atoms with Gasteiger partial charge in [-0.2, -0.15) is 0 Å². The Kier molecular flexibility index (Phi) is 5.09. The van der Waals surface area contributed by atoms with Crippen LogP contribution in [0.2, 0.25) is 0 Å². The van der Waals surface area contributed by atoms with Crippen molar-refractivity contribution in [2.75, 3.05) is 25.0 Å². The van der Waals surface area contributed by atoms with Gasteiger partial charge in [0.2, 0.25) is 5.91 Å². The largest absolute Gasteiger partial charge is 0.492 e. The van der Waals surface area contributed by atoms with Crippen molar-refractivity contribution in [2.24, 2.45) is 5.92 Å². The molecule has 0 saturated heterocycles. The van der Waals surface area contributed by atoms with Crippen molar-refractivity contribution < 1.29 is 9.53 Å². The van der Waals surface area contributed by atoms with Crippen molar-refractivity contribution >= 4 is 11.6 Å². The second-order valence-corrected chi connectivity index (χ2v) is 5.63. The number of nitrogens with zero attached hydrogens (tertiary/aromatic N) is 1. The van der Waals surface area contributed by atoms with Gasteiger partial charge in [-0.3, -0.25) is 9.78 Å². The van der Waals surface area contributed by atoms with E-state index in [1.165, 1.54) is 0 Å². The molecule has 5 nitrogen and oxygen atoms in total. The lowest BCUT2D eigenvalue weighted by Gasteiger charge is -2.24. The first-order chi connectivity index (χ1) is 11.3. The van der Waals surface area contributed by atoms with E-state index in [9.17, 15) is 4.79 Å². The average molecular weight is 311 g/mol. The number of nitrogens with one attached hydrogen (secondary N) is 2. The first-order valence-electron chi connectivity index (χ1n) is 7.95. The SMILES string of the molecule is O=C(NCCCNc1cccnc1)C1COc2ccccc2C1. The van der Waals surface area contributed by atoms with Gasteiger partial charge in [-0.1, -0.05) is 18.2 Å². The van der Waals surface area contributed by atoms with E-state index in [0.29, 0.717) is 13.2 Å². The fourth-order valence-electron chi connectivity index (χ4n) is 2.64. The molecule has 0 bridgehead atoms. The number of anilines is 1. The number of para-hydroxylation sites is 1. The standard InChI is InChI=1S/C18H21N3O2/c22-18(15-11-14-5-1-2-7-17(14)23-13-15)21-10-4-9-20-16-6-3-8-19-12-16/h1-3,5-8,12,15,20H,4,9-11,13H2,(H,21,22). The summed E-state index contributed by atoms with van der Waals surface area (Å²) in [6, 6.07) is 11.8. The average Bonchev–Trinajstić information content (AvgIpc) is 2.61. The van der Waals surface area contributed by atoms with E-state index in [-0.39, 0.29) is 11.8 Å².